The highest BCUT2D eigenvalue weighted by Gasteiger charge is 2.25. The van der Waals surface area contributed by atoms with E-state index < -0.39 is 12.4 Å². The number of carbonyl (C=O) groups excluding carboxylic acids is 1. The third-order valence-electron chi connectivity index (χ3n) is 2.83. The number of rotatable bonds is 3. The Labute approximate surface area is 115 Å². The van der Waals surface area contributed by atoms with Crippen molar-refractivity contribution in [3.05, 3.63) is 12.2 Å². The quantitative estimate of drug-likeness (QED) is 0.351. The van der Waals surface area contributed by atoms with Crippen LogP contribution in [0.3, 0.4) is 0 Å². The molecule has 5 nitrogen and oxygen atoms in total. The molecule has 6 heteroatoms. The monoisotopic (exact) mass is 355 g/mol. The van der Waals surface area contributed by atoms with Crippen LogP contribution in [0.25, 0.3) is 0 Å². The van der Waals surface area contributed by atoms with E-state index in [1.165, 1.54) is 23.0 Å². The Bertz CT molecular complexity index is 270. The van der Waals surface area contributed by atoms with E-state index in [4.69, 9.17) is 10.5 Å². The summed E-state index contributed by atoms with van der Waals surface area (Å²) in [5.74, 6) is 0.0436. The van der Waals surface area contributed by atoms with Crippen LogP contribution < -0.4 is 5.73 Å². The Kier molecular flexibility index (Phi) is 6.83. The lowest BCUT2D eigenvalue weighted by molar-refractivity contribution is 0.0394. The van der Waals surface area contributed by atoms with Crippen molar-refractivity contribution in [3.8, 4) is 0 Å². The first-order chi connectivity index (χ1) is 8.13. The van der Waals surface area contributed by atoms with Gasteiger partial charge in [0.1, 0.15) is 12.3 Å². The molecule has 98 valence electrons. The van der Waals surface area contributed by atoms with E-state index in [9.17, 15) is 9.90 Å². The number of aliphatic hydroxyl groups excluding tert-OH is 1. The maximum atomic E-state index is 11.1. The number of allylic oxidation sites excluding steroid dienone is 1. The number of ether oxygens (including phenoxy) is 1. The molecule has 0 saturated carbocycles. The van der Waals surface area contributed by atoms with Crippen LogP contribution in [0.1, 0.15) is 32.1 Å². The maximum Gasteiger partial charge on any atom is 0.518 e. The molecule has 3 N–H and O–H groups in total. The molecule has 0 amide bonds. The minimum absolute atomic E-state index is 0.0436. The first-order valence-electron chi connectivity index (χ1n) is 5.73. The van der Waals surface area contributed by atoms with Crippen molar-refractivity contribution in [1.29, 1.82) is 0 Å². The van der Waals surface area contributed by atoms with E-state index in [-0.39, 0.29) is 12.0 Å². The van der Waals surface area contributed by atoms with Gasteiger partial charge in [-0.1, -0.05) is 12.5 Å². The number of aliphatic hydroxyl groups is 1. The lowest BCUT2D eigenvalue weighted by atomic mass is 9.89. The lowest BCUT2D eigenvalue weighted by Gasteiger charge is -2.26. The first kappa shape index (κ1) is 14.7. The average Bonchev–Trinajstić information content (AvgIpc) is 2.26. The molecule has 0 bridgehead atoms. The van der Waals surface area contributed by atoms with Gasteiger partial charge in [-0.25, -0.2) is 4.79 Å². The van der Waals surface area contributed by atoms with Crippen LogP contribution in [0.2, 0.25) is 0 Å². The first-order valence-corrected chi connectivity index (χ1v) is 6.61. The maximum absolute atomic E-state index is 11.1. The van der Waals surface area contributed by atoms with Crippen molar-refractivity contribution in [3.63, 3.8) is 0 Å². The summed E-state index contributed by atoms with van der Waals surface area (Å²) in [6.45, 7) is 0. The number of carbonyl (C=O) groups is 1. The van der Waals surface area contributed by atoms with Crippen LogP contribution in [-0.4, -0.2) is 23.6 Å². The molecule has 0 aromatic carbocycles. The number of nitrogens with two attached hydrogens (primary N) is 1. The molecule has 3 atom stereocenters. The van der Waals surface area contributed by atoms with Crippen molar-refractivity contribution >= 4 is 29.2 Å². The Hall–Kier alpha value is -0.340. The number of halogens is 1. The summed E-state index contributed by atoms with van der Waals surface area (Å²) in [4.78, 5) is 11.1. The van der Waals surface area contributed by atoms with E-state index >= 15 is 0 Å². The second-order valence-electron chi connectivity index (χ2n) is 4.19. The Morgan fingerprint density at radius 1 is 1.59 bits per heavy atom. The Balaban J connectivity index is 2.66. The van der Waals surface area contributed by atoms with E-state index in [0.29, 0.717) is 6.42 Å². The topological polar surface area (TPSA) is 81.8 Å². The molecule has 1 aliphatic carbocycles. The van der Waals surface area contributed by atoms with Gasteiger partial charge in [0.15, 0.2) is 23.0 Å². The van der Waals surface area contributed by atoms with Crippen LogP contribution in [0.4, 0.5) is 4.79 Å². The summed E-state index contributed by atoms with van der Waals surface area (Å²) in [5, 5.41) is 9.26. The van der Waals surface area contributed by atoms with Gasteiger partial charge in [0.05, 0.1) is 0 Å². The van der Waals surface area contributed by atoms with Gasteiger partial charge in [-0.2, -0.15) is 0 Å². The molecule has 0 aromatic heterocycles. The molecule has 0 spiro atoms. The minimum Gasteiger partial charge on any atom is -0.426 e. The molecule has 0 saturated heterocycles. The highest BCUT2D eigenvalue weighted by atomic mass is 127. The highest BCUT2D eigenvalue weighted by molar-refractivity contribution is 14.1. The van der Waals surface area contributed by atoms with E-state index in [2.05, 4.69) is 3.07 Å². The van der Waals surface area contributed by atoms with E-state index in [1.807, 2.05) is 12.2 Å². The van der Waals surface area contributed by atoms with Gasteiger partial charge in [0.25, 0.3) is 0 Å². The molecular weight excluding hydrogens is 337 g/mol. The van der Waals surface area contributed by atoms with Gasteiger partial charge in [0.2, 0.25) is 0 Å². The standard InChI is InChI=1S/C11H18INO4/c12-17-11(15)16-9-6-4-2-1-3-5-8(9)7-10(13)14/h4,6,8-10,14H,1-3,5,7,13H2/b6-4+. The highest BCUT2D eigenvalue weighted by Crippen LogP contribution is 2.25. The van der Waals surface area contributed by atoms with Crippen LogP contribution in [-0.2, 0) is 7.80 Å². The van der Waals surface area contributed by atoms with Crippen LogP contribution in [0, 0.1) is 5.92 Å². The molecule has 0 fully saturated rings. The number of hydrogen-bond acceptors (Lipinski definition) is 5. The molecule has 3 unspecified atom stereocenters. The van der Waals surface area contributed by atoms with Crippen LogP contribution in [0.5, 0.6) is 0 Å². The van der Waals surface area contributed by atoms with Gasteiger partial charge in [-0.15, -0.1) is 0 Å². The Morgan fingerprint density at radius 3 is 3.00 bits per heavy atom. The summed E-state index contributed by atoms with van der Waals surface area (Å²) >= 11 is 1.49. The molecule has 17 heavy (non-hydrogen) atoms. The fourth-order valence-electron chi connectivity index (χ4n) is 2.05. The summed E-state index contributed by atoms with van der Waals surface area (Å²) in [5.41, 5.74) is 5.40. The van der Waals surface area contributed by atoms with E-state index in [1.54, 1.807) is 0 Å². The van der Waals surface area contributed by atoms with Gasteiger partial charge in [0, 0.05) is 5.92 Å². The summed E-state index contributed by atoms with van der Waals surface area (Å²) < 4.78 is 9.63. The smallest absolute Gasteiger partial charge is 0.426 e. The predicted octanol–water partition coefficient (Wildman–Crippen LogP) is 2.27. The third-order valence-corrected chi connectivity index (χ3v) is 3.19. The van der Waals surface area contributed by atoms with Crippen molar-refractivity contribution in [2.24, 2.45) is 11.7 Å². The van der Waals surface area contributed by atoms with Gasteiger partial charge >= 0.3 is 6.16 Å². The van der Waals surface area contributed by atoms with Gasteiger partial charge in [-0.05, 0) is 31.8 Å². The zero-order valence-electron chi connectivity index (χ0n) is 9.55. The zero-order valence-corrected chi connectivity index (χ0v) is 11.7. The fraction of sp³-hybridized carbons (Fsp3) is 0.727. The SMILES string of the molecule is NC(O)CC1CCCC/C=C/C1OC(=O)OI. The zero-order chi connectivity index (χ0) is 12.7. The molecule has 0 radical (unpaired) electrons. The molecular formula is C11H18INO4. The molecule has 1 aliphatic rings. The van der Waals surface area contributed by atoms with Crippen LogP contribution in [0.15, 0.2) is 12.2 Å². The molecule has 1 rings (SSSR count). The van der Waals surface area contributed by atoms with Crippen molar-refractivity contribution in [2.75, 3.05) is 0 Å². The largest absolute Gasteiger partial charge is 0.518 e. The summed E-state index contributed by atoms with van der Waals surface area (Å²) in [7, 11) is 0. The fourth-order valence-corrected chi connectivity index (χ4v) is 2.15. The van der Waals surface area contributed by atoms with Crippen molar-refractivity contribution in [1.82, 2.24) is 0 Å². The van der Waals surface area contributed by atoms with Gasteiger partial charge < -0.3 is 18.6 Å². The van der Waals surface area contributed by atoms with Gasteiger partial charge in [-0.3, -0.25) is 0 Å². The molecule has 0 heterocycles. The van der Waals surface area contributed by atoms with Crippen molar-refractivity contribution in [2.45, 2.75) is 44.4 Å². The van der Waals surface area contributed by atoms with E-state index in [0.717, 1.165) is 25.7 Å². The second kappa shape index (κ2) is 7.88. The lowest BCUT2D eigenvalue weighted by Crippen LogP contribution is -2.32. The average molecular weight is 355 g/mol. The third kappa shape index (κ3) is 5.69. The summed E-state index contributed by atoms with van der Waals surface area (Å²) in [6, 6.07) is 0. The van der Waals surface area contributed by atoms with Crippen molar-refractivity contribution < 1.29 is 17.7 Å². The normalized spacial score (nSPS) is 28.6. The Morgan fingerprint density at radius 2 is 2.35 bits per heavy atom. The number of hydrogen-bond donors (Lipinski definition) is 2. The molecule has 0 aromatic rings. The predicted molar refractivity (Wildman–Crippen MR) is 71.3 cm³/mol. The molecule has 0 aliphatic heterocycles. The summed E-state index contributed by atoms with van der Waals surface area (Å²) in [6.07, 6.45) is 6.35. The van der Waals surface area contributed by atoms with Crippen LogP contribution >= 0.6 is 23.0 Å². The second-order valence-corrected chi connectivity index (χ2v) is 4.63. The minimum atomic E-state index is -0.880.